The van der Waals surface area contributed by atoms with Gasteiger partial charge >= 0.3 is 0 Å². The summed E-state index contributed by atoms with van der Waals surface area (Å²) in [6.45, 7) is 2.09. The topological polar surface area (TPSA) is 84.1 Å². The number of ketones is 1. The van der Waals surface area contributed by atoms with Gasteiger partial charge in [0.2, 0.25) is 0 Å². The molecule has 28 heavy (non-hydrogen) atoms. The number of benzene rings is 1. The molecule has 7 heteroatoms. The second-order valence-electron chi connectivity index (χ2n) is 7.00. The zero-order valence-electron chi connectivity index (χ0n) is 16.0. The molecule has 0 spiro atoms. The van der Waals surface area contributed by atoms with Crippen LogP contribution in [-0.4, -0.2) is 28.6 Å². The highest BCUT2D eigenvalue weighted by atomic mass is 32.2. The molecule has 2 aromatic rings. The van der Waals surface area contributed by atoms with Crippen molar-refractivity contribution in [3.05, 3.63) is 57.5 Å². The Kier molecular flexibility index (Phi) is 5.26. The van der Waals surface area contributed by atoms with Gasteiger partial charge in [0.25, 0.3) is 5.56 Å². The summed E-state index contributed by atoms with van der Waals surface area (Å²) in [6.07, 6.45) is 4.26. The number of methoxy groups -OCH3 is 1. The van der Waals surface area contributed by atoms with Crippen LogP contribution in [0.4, 0.5) is 5.82 Å². The van der Waals surface area contributed by atoms with Crippen LogP contribution in [-0.2, 0) is 4.79 Å². The fourth-order valence-corrected chi connectivity index (χ4v) is 4.62. The van der Waals surface area contributed by atoms with E-state index < -0.39 is 0 Å². The molecule has 1 aromatic carbocycles. The number of Topliss-reactive ketones (excluding diaryl/α,β-unsaturated/α-hetero) is 1. The molecule has 4 rings (SSSR count). The van der Waals surface area contributed by atoms with Gasteiger partial charge in [-0.1, -0.05) is 36.9 Å². The molecule has 146 valence electrons. The summed E-state index contributed by atoms with van der Waals surface area (Å²) in [5.74, 6) is 1.59. The van der Waals surface area contributed by atoms with Crippen LogP contribution in [0.15, 0.2) is 46.0 Å². The molecule has 0 radical (unpaired) electrons. The maximum atomic E-state index is 13.0. The molecule has 2 heterocycles. The lowest BCUT2D eigenvalue weighted by Crippen LogP contribution is -2.38. The fraction of sp³-hybridized carbons (Fsp3) is 0.381. The van der Waals surface area contributed by atoms with Gasteiger partial charge in [-0.05, 0) is 30.5 Å². The quantitative estimate of drug-likeness (QED) is 0.591. The number of nitrogens with one attached hydrogen (secondary N) is 2. The van der Waals surface area contributed by atoms with Crippen LogP contribution >= 0.6 is 11.8 Å². The van der Waals surface area contributed by atoms with E-state index in [1.165, 1.54) is 11.8 Å². The molecule has 0 amide bonds. The SMILES string of the molecule is CCCSc1nc2c(c(=O)[nH]1)[C@H](c1ccc(OC)cc1)[C@H]1C(=O)CCC=C1N2. The first-order valence-electron chi connectivity index (χ1n) is 9.53. The summed E-state index contributed by atoms with van der Waals surface area (Å²) in [5.41, 5.74) is 2.11. The summed E-state index contributed by atoms with van der Waals surface area (Å²) in [6, 6.07) is 7.58. The van der Waals surface area contributed by atoms with Gasteiger partial charge in [0.15, 0.2) is 5.16 Å². The normalized spacial score (nSPS) is 20.6. The number of H-pyrrole nitrogens is 1. The third-order valence-electron chi connectivity index (χ3n) is 5.20. The number of anilines is 1. The molecule has 0 bridgehead atoms. The Morgan fingerprint density at radius 3 is 2.71 bits per heavy atom. The predicted octanol–water partition coefficient (Wildman–Crippen LogP) is 3.70. The van der Waals surface area contributed by atoms with Crippen LogP contribution in [0.3, 0.4) is 0 Å². The third kappa shape index (κ3) is 3.35. The third-order valence-corrected chi connectivity index (χ3v) is 6.27. The van der Waals surface area contributed by atoms with Gasteiger partial charge in [0, 0.05) is 23.8 Å². The largest absolute Gasteiger partial charge is 0.497 e. The summed E-state index contributed by atoms with van der Waals surface area (Å²) in [7, 11) is 1.62. The minimum Gasteiger partial charge on any atom is -0.497 e. The lowest BCUT2D eigenvalue weighted by atomic mass is 9.72. The van der Waals surface area contributed by atoms with Gasteiger partial charge < -0.3 is 15.0 Å². The van der Waals surface area contributed by atoms with Gasteiger partial charge in [-0.2, -0.15) is 0 Å². The average molecular weight is 398 g/mol. The van der Waals surface area contributed by atoms with Crippen molar-refractivity contribution in [1.82, 2.24) is 9.97 Å². The van der Waals surface area contributed by atoms with Crippen molar-refractivity contribution < 1.29 is 9.53 Å². The summed E-state index contributed by atoms with van der Waals surface area (Å²) in [4.78, 5) is 33.4. The zero-order valence-corrected chi connectivity index (χ0v) is 16.8. The Hall–Kier alpha value is -2.54. The standard InChI is InChI=1S/C21H23N3O3S/c1-3-11-28-21-23-19-18(20(26)24-21)16(12-7-9-13(27-2)10-8-12)17-14(22-19)5-4-6-15(17)25/h5,7-10,16-17H,3-4,6,11H2,1-2H3,(H2,22,23,24,26)/t16-,17-/m1/s1. The average Bonchev–Trinajstić information content (AvgIpc) is 2.71. The molecular weight excluding hydrogens is 374 g/mol. The molecule has 1 aliphatic carbocycles. The van der Waals surface area contributed by atoms with E-state index in [-0.39, 0.29) is 23.2 Å². The van der Waals surface area contributed by atoms with Crippen LogP contribution in [0.25, 0.3) is 0 Å². The van der Waals surface area contributed by atoms with E-state index in [0.29, 0.717) is 29.4 Å². The van der Waals surface area contributed by atoms with E-state index in [1.807, 2.05) is 24.3 Å². The molecule has 1 aromatic heterocycles. The Bertz CT molecular complexity index is 981. The van der Waals surface area contributed by atoms with E-state index in [0.717, 1.165) is 29.2 Å². The van der Waals surface area contributed by atoms with Gasteiger partial charge in [-0.15, -0.1) is 0 Å². The molecule has 1 aliphatic heterocycles. The number of hydrogen-bond acceptors (Lipinski definition) is 6. The summed E-state index contributed by atoms with van der Waals surface area (Å²) >= 11 is 1.53. The second kappa shape index (κ2) is 7.83. The number of fused-ring (bicyclic) bond motifs is 2. The highest BCUT2D eigenvalue weighted by molar-refractivity contribution is 7.99. The van der Waals surface area contributed by atoms with Gasteiger partial charge in [0.1, 0.15) is 17.4 Å². The number of allylic oxidation sites excluding steroid dienone is 2. The number of aromatic nitrogens is 2. The second-order valence-corrected chi connectivity index (χ2v) is 8.08. The van der Waals surface area contributed by atoms with E-state index in [2.05, 4.69) is 28.3 Å². The molecule has 0 saturated carbocycles. The summed E-state index contributed by atoms with van der Waals surface area (Å²) < 4.78 is 5.26. The van der Waals surface area contributed by atoms with E-state index >= 15 is 0 Å². The number of aromatic amines is 1. The molecule has 2 atom stereocenters. The van der Waals surface area contributed by atoms with Crippen molar-refractivity contribution in [2.75, 3.05) is 18.2 Å². The van der Waals surface area contributed by atoms with Crippen molar-refractivity contribution >= 4 is 23.4 Å². The highest BCUT2D eigenvalue weighted by Crippen LogP contribution is 2.45. The Labute approximate surface area is 167 Å². The minimum absolute atomic E-state index is 0.153. The molecular formula is C21H23N3O3S. The van der Waals surface area contributed by atoms with Crippen LogP contribution in [0, 0.1) is 5.92 Å². The Balaban J connectivity index is 1.86. The van der Waals surface area contributed by atoms with Crippen molar-refractivity contribution in [2.24, 2.45) is 5.92 Å². The van der Waals surface area contributed by atoms with Crippen LogP contribution < -0.4 is 15.6 Å². The van der Waals surface area contributed by atoms with E-state index in [4.69, 9.17) is 4.74 Å². The van der Waals surface area contributed by atoms with Crippen molar-refractivity contribution in [3.8, 4) is 5.75 Å². The monoisotopic (exact) mass is 397 g/mol. The molecule has 0 saturated heterocycles. The highest BCUT2D eigenvalue weighted by Gasteiger charge is 2.42. The van der Waals surface area contributed by atoms with Crippen molar-refractivity contribution in [2.45, 2.75) is 37.3 Å². The number of rotatable bonds is 5. The molecule has 2 N–H and O–H groups in total. The summed E-state index contributed by atoms with van der Waals surface area (Å²) in [5, 5.41) is 3.88. The first-order valence-corrected chi connectivity index (χ1v) is 10.5. The number of hydrogen-bond donors (Lipinski definition) is 2. The molecule has 2 aliphatic rings. The number of thioether (sulfide) groups is 1. The fourth-order valence-electron chi connectivity index (χ4n) is 3.91. The minimum atomic E-state index is -0.383. The zero-order chi connectivity index (χ0) is 19.7. The van der Waals surface area contributed by atoms with Crippen LogP contribution in [0.2, 0.25) is 0 Å². The van der Waals surface area contributed by atoms with Crippen molar-refractivity contribution in [3.63, 3.8) is 0 Å². The van der Waals surface area contributed by atoms with E-state index in [9.17, 15) is 9.59 Å². The maximum Gasteiger partial charge on any atom is 0.257 e. The number of carbonyl (C=O) groups is 1. The van der Waals surface area contributed by atoms with Gasteiger partial charge in [-0.3, -0.25) is 9.59 Å². The maximum absolute atomic E-state index is 13.0. The number of ether oxygens (including phenoxy) is 1. The Morgan fingerprint density at radius 1 is 1.21 bits per heavy atom. The van der Waals surface area contributed by atoms with Crippen LogP contribution in [0.1, 0.15) is 43.2 Å². The smallest absolute Gasteiger partial charge is 0.257 e. The first-order chi connectivity index (χ1) is 13.6. The molecule has 0 unspecified atom stereocenters. The molecule has 0 fully saturated rings. The number of carbonyl (C=O) groups excluding carboxylic acids is 1. The van der Waals surface area contributed by atoms with Crippen LogP contribution in [0.5, 0.6) is 5.75 Å². The lowest BCUT2D eigenvalue weighted by molar-refractivity contribution is -0.122. The van der Waals surface area contributed by atoms with E-state index in [1.54, 1.807) is 7.11 Å². The lowest BCUT2D eigenvalue weighted by Gasteiger charge is -2.36. The number of nitrogens with zero attached hydrogens (tertiary/aromatic N) is 1. The van der Waals surface area contributed by atoms with Gasteiger partial charge in [-0.25, -0.2) is 4.98 Å². The first kappa shape index (κ1) is 18.8. The molecule has 6 nitrogen and oxygen atoms in total. The van der Waals surface area contributed by atoms with Gasteiger partial charge in [0.05, 0.1) is 18.6 Å². The Morgan fingerprint density at radius 2 is 2.00 bits per heavy atom. The van der Waals surface area contributed by atoms with Crippen molar-refractivity contribution in [1.29, 1.82) is 0 Å². The predicted molar refractivity (Wildman–Crippen MR) is 110 cm³/mol.